The van der Waals surface area contributed by atoms with E-state index in [0.717, 1.165) is 12.2 Å². The Balaban J connectivity index is 3.82. The van der Waals surface area contributed by atoms with Gasteiger partial charge in [-0.15, -0.1) is 0 Å². The lowest BCUT2D eigenvalue weighted by molar-refractivity contribution is 0.462. The van der Waals surface area contributed by atoms with Gasteiger partial charge in [0, 0.05) is 16.0 Å². The SMILES string of the molecule is CCC(C)(C)NSC(C)(C)CS. The van der Waals surface area contributed by atoms with Crippen molar-refractivity contribution in [3.05, 3.63) is 0 Å². The van der Waals surface area contributed by atoms with E-state index in [2.05, 4.69) is 52.0 Å². The highest BCUT2D eigenvalue weighted by Gasteiger charge is 2.21. The van der Waals surface area contributed by atoms with E-state index in [9.17, 15) is 0 Å². The Bertz CT molecular complexity index is 116. The maximum atomic E-state index is 4.30. The topological polar surface area (TPSA) is 12.0 Å². The van der Waals surface area contributed by atoms with Crippen molar-refractivity contribution in [3.8, 4) is 0 Å². The zero-order valence-electron chi connectivity index (χ0n) is 8.77. The van der Waals surface area contributed by atoms with E-state index in [1.807, 2.05) is 0 Å². The third-order valence-corrected chi connectivity index (χ3v) is 4.22. The van der Waals surface area contributed by atoms with Gasteiger partial charge in [-0.3, -0.25) is 4.72 Å². The first-order valence-corrected chi connectivity index (χ1v) is 5.84. The predicted molar refractivity (Wildman–Crippen MR) is 63.0 cm³/mol. The van der Waals surface area contributed by atoms with Crippen LogP contribution >= 0.6 is 24.6 Å². The monoisotopic (exact) mass is 207 g/mol. The Morgan fingerprint density at radius 1 is 1.25 bits per heavy atom. The summed E-state index contributed by atoms with van der Waals surface area (Å²) in [5, 5.41) is 0. The van der Waals surface area contributed by atoms with E-state index in [0.29, 0.717) is 0 Å². The second kappa shape index (κ2) is 4.77. The van der Waals surface area contributed by atoms with Crippen molar-refractivity contribution in [1.29, 1.82) is 0 Å². The van der Waals surface area contributed by atoms with E-state index >= 15 is 0 Å². The fraction of sp³-hybridized carbons (Fsp3) is 1.00. The van der Waals surface area contributed by atoms with Gasteiger partial charge in [0.1, 0.15) is 0 Å². The normalized spacial score (nSPS) is 13.5. The molecule has 3 heteroatoms. The van der Waals surface area contributed by atoms with E-state index in [1.165, 1.54) is 0 Å². The number of thiol groups is 1. The lowest BCUT2D eigenvalue weighted by Gasteiger charge is -2.30. The molecule has 0 aromatic carbocycles. The molecule has 0 rings (SSSR count). The zero-order valence-corrected chi connectivity index (χ0v) is 10.5. The van der Waals surface area contributed by atoms with E-state index < -0.39 is 0 Å². The van der Waals surface area contributed by atoms with Crippen molar-refractivity contribution < 1.29 is 0 Å². The lowest BCUT2D eigenvalue weighted by atomic mass is 10.0. The maximum absolute atomic E-state index is 4.30. The van der Waals surface area contributed by atoms with Crippen LogP contribution in [-0.4, -0.2) is 16.0 Å². The molecule has 74 valence electrons. The van der Waals surface area contributed by atoms with Crippen LogP contribution < -0.4 is 4.72 Å². The van der Waals surface area contributed by atoms with Crippen LogP contribution in [0.25, 0.3) is 0 Å². The number of hydrogen-bond donors (Lipinski definition) is 2. The van der Waals surface area contributed by atoms with Crippen LogP contribution in [0, 0.1) is 0 Å². The molecule has 0 bridgehead atoms. The minimum Gasteiger partial charge on any atom is -0.258 e. The molecule has 0 aliphatic carbocycles. The van der Waals surface area contributed by atoms with Gasteiger partial charge in [0.2, 0.25) is 0 Å². The van der Waals surface area contributed by atoms with Gasteiger partial charge in [-0.25, -0.2) is 0 Å². The third kappa shape index (κ3) is 5.33. The largest absolute Gasteiger partial charge is 0.258 e. The standard InChI is InChI=1S/C9H21NS2/c1-6-8(2,3)10-12-9(4,5)7-11/h10-11H,6-7H2,1-5H3. The molecule has 0 amide bonds. The highest BCUT2D eigenvalue weighted by molar-refractivity contribution is 7.99. The Labute approximate surface area is 86.6 Å². The molecule has 1 nitrogen and oxygen atoms in total. The molecule has 12 heavy (non-hydrogen) atoms. The summed E-state index contributed by atoms with van der Waals surface area (Å²) in [6.45, 7) is 11.0. The van der Waals surface area contributed by atoms with Crippen LogP contribution in [0.15, 0.2) is 0 Å². The zero-order chi connectivity index (χ0) is 9.83. The molecule has 0 radical (unpaired) electrons. The van der Waals surface area contributed by atoms with E-state index in [1.54, 1.807) is 11.9 Å². The second-order valence-corrected chi connectivity index (χ2v) is 6.19. The summed E-state index contributed by atoms with van der Waals surface area (Å²) in [4.78, 5) is 0. The molecule has 0 atom stereocenters. The molecule has 0 aromatic heterocycles. The van der Waals surface area contributed by atoms with Gasteiger partial charge in [0.25, 0.3) is 0 Å². The summed E-state index contributed by atoms with van der Waals surface area (Å²) in [7, 11) is 0. The fourth-order valence-corrected chi connectivity index (χ4v) is 1.34. The van der Waals surface area contributed by atoms with Crippen LogP contribution in [0.3, 0.4) is 0 Å². The van der Waals surface area contributed by atoms with Crippen molar-refractivity contribution in [2.45, 2.75) is 51.3 Å². The molecule has 0 saturated heterocycles. The van der Waals surface area contributed by atoms with Crippen LogP contribution in [0.1, 0.15) is 41.0 Å². The van der Waals surface area contributed by atoms with Gasteiger partial charge < -0.3 is 0 Å². The van der Waals surface area contributed by atoms with Crippen LogP contribution in [0.4, 0.5) is 0 Å². The smallest absolute Gasteiger partial charge is 0.0336 e. The Kier molecular flexibility index (Phi) is 5.04. The summed E-state index contributed by atoms with van der Waals surface area (Å²) in [5.41, 5.74) is 0.227. The highest BCUT2D eigenvalue weighted by Crippen LogP contribution is 2.25. The van der Waals surface area contributed by atoms with Crippen LogP contribution in [0.5, 0.6) is 0 Å². The molecule has 0 aliphatic heterocycles. The average molecular weight is 207 g/mol. The highest BCUT2D eigenvalue weighted by atomic mass is 32.2. The van der Waals surface area contributed by atoms with Gasteiger partial charge in [0.05, 0.1) is 0 Å². The minimum absolute atomic E-state index is 0.218. The summed E-state index contributed by atoms with van der Waals surface area (Å²) >= 11 is 6.08. The average Bonchev–Trinajstić information content (AvgIpc) is 2.02. The first-order chi connectivity index (χ1) is 5.33. The number of nitrogens with one attached hydrogen (secondary N) is 1. The van der Waals surface area contributed by atoms with Gasteiger partial charge in [0.15, 0.2) is 0 Å². The van der Waals surface area contributed by atoms with E-state index in [-0.39, 0.29) is 10.3 Å². The molecule has 0 aliphatic rings. The molecule has 0 saturated carbocycles. The Hall–Kier alpha value is 0.660. The molecular weight excluding hydrogens is 186 g/mol. The first-order valence-electron chi connectivity index (χ1n) is 4.39. The molecule has 0 heterocycles. The summed E-state index contributed by atoms with van der Waals surface area (Å²) in [6.07, 6.45) is 1.14. The summed E-state index contributed by atoms with van der Waals surface area (Å²) < 4.78 is 3.69. The summed E-state index contributed by atoms with van der Waals surface area (Å²) in [6, 6.07) is 0. The predicted octanol–water partition coefficient (Wildman–Crippen LogP) is 3.12. The minimum atomic E-state index is 0.218. The van der Waals surface area contributed by atoms with Crippen LogP contribution in [-0.2, 0) is 0 Å². The van der Waals surface area contributed by atoms with Gasteiger partial charge in [-0.2, -0.15) is 12.6 Å². The second-order valence-electron chi connectivity index (χ2n) is 4.36. The van der Waals surface area contributed by atoms with Gasteiger partial charge in [-0.1, -0.05) is 18.9 Å². The van der Waals surface area contributed by atoms with Crippen molar-refractivity contribution in [2.75, 3.05) is 5.75 Å². The van der Waals surface area contributed by atoms with Crippen LogP contribution in [0.2, 0.25) is 0 Å². The number of rotatable bonds is 5. The van der Waals surface area contributed by atoms with Crippen molar-refractivity contribution in [2.24, 2.45) is 0 Å². The van der Waals surface area contributed by atoms with Gasteiger partial charge >= 0.3 is 0 Å². The maximum Gasteiger partial charge on any atom is 0.0336 e. The summed E-state index contributed by atoms with van der Waals surface area (Å²) in [5.74, 6) is 0.893. The van der Waals surface area contributed by atoms with Crippen molar-refractivity contribution >= 4 is 24.6 Å². The Morgan fingerprint density at radius 2 is 1.75 bits per heavy atom. The molecule has 0 fully saturated rings. The Morgan fingerprint density at radius 3 is 2.08 bits per heavy atom. The molecule has 0 spiro atoms. The molecule has 0 aromatic rings. The van der Waals surface area contributed by atoms with Crippen molar-refractivity contribution in [1.82, 2.24) is 4.72 Å². The number of hydrogen-bond acceptors (Lipinski definition) is 3. The van der Waals surface area contributed by atoms with Gasteiger partial charge in [-0.05, 0) is 34.1 Å². The first kappa shape index (κ1) is 12.7. The lowest BCUT2D eigenvalue weighted by Crippen LogP contribution is -2.37. The third-order valence-electron chi connectivity index (χ3n) is 1.87. The fourth-order valence-electron chi connectivity index (χ4n) is 0.381. The molecule has 1 N–H and O–H groups in total. The van der Waals surface area contributed by atoms with E-state index in [4.69, 9.17) is 0 Å². The molecule has 0 unspecified atom stereocenters. The van der Waals surface area contributed by atoms with Crippen molar-refractivity contribution in [3.63, 3.8) is 0 Å². The quantitative estimate of drug-likeness (QED) is 0.531. The molecular formula is C9H21NS2.